The Hall–Kier alpha value is -3.42. The molecule has 2 amide bonds. The van der Waals surface area contributed by atoms with Gasteiger partial charge in [-0.05, 0) is 59.7 Å². The van der Waals surface area contributed by atoms with Crippen molar-refractivity contribution in [2.45, 2.75) is 18.9 Å². The number of rotatable bonds is 7. The van der Waals surface area contributed by atoms with Gasteiger partial charge in [-0.2, -0.15) is 0 Å². The maximum Gasteiger partial charge on any atom is 0.254 e. The number of nitrogens with zero attached hydrogens (tertiary/aromatic N) is 1. The van der Waals surface area contributed by atoms with Crippen molar-refractivity contribution in [3.05, 3.63) is 106 Å². The number of anilines is 1. The van der Waals surface area contributed by atoms with Gasteiger partial charge in [-0.1, -0.05) is 64.5 Å². The largest absolute Gasteiger partial charge is 0.404 e. The van der Waals surface area contributed by atoms with Crippen LogP contribution in [0.15, 0.2) is 83.5 Å². The van der Waals surface area contributed by atoms with Crippen LogP contribution in [0.4, 0.5) is 5.69 Å². The number of ether oxygens (including phenoxy) is 1. The van der Waals surface area contributed by atoms with Crippen molar-refractivity contribution in [1.29, 1.82) is 0 Å². The van der Waals surface area contributed by atoms with E-state index in [1.165, 1.54) is 6.20 Å². The molecule has 6 nitrogen and oxygen atoms in total. The summed E-state index contributed by atoms with van der Waals surface area (Å²) in [6, 6.07) is 22.0. The van der Waals surface area contributed by atoms with Crippen molar-refractivity contribution in [2.24, 2.45) is 5.73 Å². The maximum atomic E-state index is 14.0. The van der Waals surface area contributed by atoms with Crippen LogP contribution in [0.3, 0.4) is 0 Å². The predicted molar refractivity (Wildman–Crippen MR) is 142 cm³/mol. The Balaban J connectivity index is 1.86. The summed E-state index contributed by atoms with van der Waals surface area (Å²) < 4.78 is 6.25. The van der Waals surface area contributed by atoms with E-state index in [2.05, 4.69) is 21.2 Å². The smallest absolute Gasteiger partial charge is 0.254 e. The van der Waals surface area contributed by atoms with Gasteiger partial charge in [0.05, 0.1) is 18.6 Å². The van der Waals surface area contributed by atoms with E-state index < -0.39 is 12.0 Å². The molecule has 0 spiro atoms. The van der Waals surface area contributed by atoms with E-state index >= 15 is 0 Å². The summed E-state index contributed by atoms with van der Waals surface area (Å²) in [7, 11) is 1.59. The van der Waals surface area contributed by atoms with Crippen LogP contribution in [0.5, 0.6) is 0 Å². The Morgan fingerprint density at radius 1 is 1.11 bits per heavy atom. The number of fused-ring (bicyclic) bond motifs is 1. The Bertz CT molecular complexity index is 1260. The van der Waals surface area contributed by atoms with Crippen LogP contribution in [0.25, 0.3) is 5.57 Å². The molecule has 3 N–H and O–H groups in total. The molecular formula is C28H28BrN3O3. The number of carbonyl (C=O) groups is 2. The zero-order valence-corrected chi connectivity index (χ0v) is 21.3. The number of halogens is 1. The lowest BCUT2D eigenvalue weighted by Crippen LogP contribution is -2.52. The van der Waals surface area contributed by atoms with Gasteiger partial charge in [0.2, 0.25) is 5.91 Å². The molecule has 7 heteroatoms. The Morgan fingerprint density at radius 3 is 2.51 bits per heavy atom. The molecule has 4 rings (SSSR count). The molecule has 1 aliphatic rings. The van der Waals surface area contributed by atoms with E-state index in [0.29, 0.717) is 35.5 Å². The molecule has 0 bridgehead atoms. The van der Waals surface area contributed by atoms with Gasteiger partial charge in [0.1, 0.15) is 0 Å². The quantitative estimate of drug-likeness (QED) is 0.450. The molecule has 0 fully saturated rings. The van der Waals surface area contributed by atoms with Gasteiger partial charge in [0.25, 0.3) is 5.91 Å². The van der Waals surface area contributed by atoms with Gasteiger partial charge in [-0.3, -0.25) is 9.59 Å². The predicted octanol–water partition coefficient (Wildman–Crippen LogP) is 4.95. The average Bonchev–Trinajstić information content (AvgIpc) is 2.86. The molecule has 0 radical (unpaired) electrons. The number of nitrogens with two attached hydrogens (primary N) is 1. The Morgan fingerprint density at radius 2 is 1.83 bits per heavy atom. The molecule has 1 heterocycles. The highest BCUT2D eigenvalue weighted by Gasteiger charge is 2.45. The first kappa shape index (κ1) is 24.7. The number of hydrogen-bond donors (Lipinski definition) is 2. The number of methoxy groups -OCH3 is 1. The van der Waals surface area contributed by atoms with Crippen LogP contribution in [-0.4, -0.2) is 43.0 Å². The molecule has 0 aromatic heterocycles. The molecular weight excluding hydrogens is 506 g/mol. The lowest BCUT2D eigenvalue weighted by Gasteiger charge is -2.42. The van der Waals surface area contributed by atoms with Gasteiger partial charge < -0.3 is 20.7 Å². The number of carbonyl (C=O) groups excluding carboxylic acids is 2. The zero-order chi connectivity index (χ0) is 24.9. The summed E-state index contributed by atoms with van der Waals surface area (Å²) in [5, 5.41) is 3.10. The van der Waals surface area contributed by atoms with E-state index in [9.17, 15) is 9.59 Å². The van der Waals surface area contributed by atoms with Crippen LogP contribution in [0.2, 0.25) is 0 Å². The molecule has 0 aliphatic carbocycles. The number of aryl methyl sites for hydroxylation is 1. The number of benzene rings is 3. The molecule has 35 heavy (non-hydrogen) atoms. The van der Waals surface area contributed by atoms with E-state index in [-0.39, 0.29) is 11.8 Å². The molecule has 180 valence electrons. The summed E-state index contributed by atoms with van der Waals surface area (Å²) in [5.41, 5.74) is 10.6. The minimum atomic E-state index is -0.682. The van der Waals surface area contributed by atoms with Gasteiger partial charge in [-0.25, -0.2) is 0 Å². The summed E-state index contributed by atoms with van der Waals surface area (Å²) in [5.74, 6) is -1.04. The van der Waals surface area contributed by atoms with E-state index in [1.54, 1.807) is 18.1 Å². The molecule has 2 atom stereocenters. The lowest BCUT2D eigenvalue weighted by atomic mass is 9.77. The van der Waals surface area contributed by atoms with E-state index in [4.69, 9.17) is 10.5 Å². The second-order valence-electron chi connectivity index (χ2n) is 8.44. The number of nitrogens with one attached hydrogen (secondary N) is 1. The molecule has 3 aromatic carbocycles. The molecule has 1 aliphatic heterocycles. The second-order valence-corrected chi connectivity index (χ2v) is 9.35. The summed E-state index contributed by atoms with van der Waals surface area (Å²) in [4.78, 5) is 29.4. The lowest BCUT2D eigenvalue weighted by molar-refractivity contribution is -0.118. The Labute approximate surface area is 213 Å². The minimum absolute atomic E-state index is 0.151. The fraction of sp³-hybridized carbons (Fsp3) is 0.214. The molecule has 3 aromatic rings. The van der Waals surface area contributed by atoms with Crippen molar-refractivity contribution >= 4 is 39.0 Å². The van der Waals surface area contributed by atoms with Crippen molar-refractivity contribution in [1.82, 2.24) is 4.90 Å². The highest BCUT2D eigenvalue weighted by Crippen LogP contribution is 2.40. The second kappa shape index (κ2) is 10.9. The molecule has 0 saturated heterocycles. The van der Waals surface area contributed by atoms with Crippen LogP contribution in [0, 0.1) is 6.92 Å². The highest BCUT2D eigenvalue weighted by atomic mass is 79.9. The monoisotopic (exact) mass is 533 g/mol. The third kappa shape index (κ3) is 5.01. The normalized spacial score (nSPS) is 17.7. The zero-order valence-electron chi connectivity index (χ0n) is 19.7. The molecule has 2 unspecified atom stereocenters. The van der Waals surface area contributed by atoms with E-state index in [0.717, 1.165) is 15.6 Å². The average molecular weight is 534 g/mol. The maximum absolute atomic E-state index is 14.0. The number of amides is 2. The Kier molecular flexibility index (Phi) is 7.68. The minimum Gasteiger partial charge on any atom is -0.404 e. The fourth-order valence-corrected chi connectivity index (χ4v) is 5.11. The van der Waals surface area contributed by atoms with Gasteiger partial charge >= 0.3 is 0 Å². The van der Waals surface area contributed by atoms with Crippen LogP contribution in [0.1, 0.15) is 33.0 Å². The first-order valence-corrected chi connectivity index (χ1v) is 12.2. The van der Waals surface area contributed by atoms with Crippen LogP contribution >= 0.6 is 15.9 Å². The summed E-state index contributed by atoms with van der Waals surface area (Å²) >= 11 is 3.47. The van der Waals surface area contributed by atoms with Gasteiger partial charge in [0.15, 0.2) is 0 Å². The first-order chi connectivity index (χ1) is 17.0. The fourth-order valence-electron chi connectivity index (χ4n) is 4.63. The van der Waals surface area contributed by atoms with Gasteiger partial charge in [0, 0.05) is 29.4 Å². The topological polar surface area (TPSA) is 84.7 Å². The van der Waals surface area contributed by atoms with Gasteiger partial charge in [-0.15, -0.1) is 0 Å². The van der Waals surface area contributed by atoms with Crippen LogP contribution < -0.4 is 11.1 Å². The van der Waals surface area contributed by atoms with Crippen molar-refractivity contribution in [3.63, 3.8) is 0 Å². The standard InChI is InChI=1S/C28H28BrN3O3/c1-18-16-20(29)12-13-24(18)31-27(33)25-21-10-6-7-11-22(21)28(34)32(14-15-35-2)26(25)23(17-30)19-8-4-3-5-9-19/h3-13,16-17,25-26H,14-15,30H2,1-2H3,(H,31,33)/b23-17+. The third-order valence-electron chi connectivity index (χ3n) is 6.31. The van der Waals surface area contributed by atoms with Crippen molar-refractivity contribution in [2.75, 3.05) is 25.6 Å². The van der Waals surface area contributed by atoms with Crippen molar-refractivity contribution < 1.29 is 14.3 Å². The number of hydrogen-bond acceptors (Lipinski definition) is 4. The van der Waals surface area contributed by atoms with Crippen LogP contribution in [-0.2, 0) is 9.53 Å². The SMILES string of the molecule is COCCN1C(=O)c2ccccc2C(C(=O)Nc2ccc(Br)cc2C)C1/C(=C/N)c1ccccc1. The third-order valence-corrected chi connectivity index (χ3v) is 6.80. The highest BCUT2D eigenvalue weighted by molar-refractivity contribution is 9.10. The van der Waals surface area contributed by atoms with E-state index in [1.807, 2.05) is 73.7 Å². The molecule has 0 saturated carbocycles. The summed E-state index contributed by atoms with van der Waals surface area (Å²) in [6.45, 7) is 2.59. The van der Waals surface area contributed by atoms with Crippen molar-refractivity contribution in [3.8, 4) is 0 Å². The summed E-state index contributed by atoms with van der Waals surface area (Å²) in [6.07, 6.45) is 1.51. The first-order valence-electron chi connectivity index (χ1n) is 11.4.